The van der Waals surface area contributed by atoms with Crippen LogP contribution in [0.2, 0.25) is 0 Å². The summed E-state index contributed by atoms with van der Waals surface area (Å²) in [6, 6.07) is 10.3. The molecule has 0 bridgehead atoms. The maximum absolute atomic E-state index is 11.8. The van der Waals surface area contributed by atoms with Crippen LogP contribution in [0, 0.1) is 5.92 Å². The molecule has 1 amide bonds. The normalized spacial score (nSPS) is 17.1. The number of carbonyl (C=O) groups is 1. The van der Waals surface area contributed by atoms with E-state index in [1.807, 2.05) is 18.2 Å². The summed E-state index contributed by atoms with van der Waals surface area (Å²) in [4.78, 5) is 11.8. The topological polar surface area (TPSA) is 50.4 Å². The number of halogens is 1. The molecule has 1 heterocycles. The highest BCUT2D eigenvalue weighted by Crippen LogP contribution is 2.12. The van der Waals surface area contributed by atoms with Gasteiger partial charge in [-0.05, 0) is 56.7 Å². The molecule has 1 aromatic rings. The van der Waals surface area contributed by atoms with E-state index in [9.17, 15) is 4.79 Å². The summed E-state index contributed by atoms with van der Waals surface area (Å²) in [6.07, 6.45) is 5.94. The second kappa shape index (κ2) is 13.2. The van der Waals surface area contributed by atoms with Crippen LogP contribution in [0.4, 0.5) is 0 Å². The van der Waals surface area contributed by atoms with Crippen LogP contribution in [-0.2, 0) is 16.0 Å². The Morgan fingerprint density at radius 3 is 2.83 bits per heavy atom. The molecule has 1 unspecified atom stereocenters. The third kappa shape index (κ3) is 9.26. The standard InChI is InChI=1S/C19H30N2O2.ClH/c22-19(21-13-10-18-8-4-12-20-16-18)9-5-14-23-15-11-17-6-2-1-3-7-17;/h1-3,6-7,18,20H,4-5,8-16H2,(H,21,22);1H. The van der Waals surface area contributed by atoms with E-state index in [-0.39, 0.29) is 18.3 Å². The molecule has 136 valence electrons. The van der Waals surface area contributed by atoms with Gasteiger partial charge in [0.15, 0.2) is 0 Å². The van der Waals surface area contributed by atoms with Gasteiger partial charge in [0, 0.05) is 19.6 Å². The van der Waals surface area contributed by atoms with Crippen LogP contribution in [0.3, 0.4) is 0 Å². The molecule has 1 aromatic carbocycles. The van der Waals surface area contributed by atoms with Gasteiger partial charge in [-0.3, -0.25) is 4.79 Å². The molecule has 1 fully saturated rings. The second-order valence-corrected chi connectivity index (χ2v) is 6.30. The molecule has 1 aliphatic rings. The summed E-state index contributed by atoms with van der Waals surface area (Å²) in [5, 5.41) is 6.43. The molecule has 24 heavy (non-hydrogen) atoms. The lowest BCUT2D eigenvalue weighted by molar-refractivity contribution is -0.121. The molecule has 2 rings (SSSR count). The highest BCUT2D eigenvalue weighted by atomic mass is 35.5. The average Bonchev–Trinajstić information content (AvgIpc) is 2.60. The average molecular weight is 355 g/mol. The molecule has 1 saturated heterocycles. The number of carbonyl (C=O) groups excluding carboxylic acids is 1. The minimum atomic E-state index is 0. The maximum Gasteiger partial charge on any atom is 0.220 e. The quantitative estimate of drug-likeness (QED) is 0.635. The Morgan fingerprint density at radius 2 is 2.08 bits per heavy atom. The molecular weight excluding hydrogens is 324 g/mol. The van der Waals surface area contributed by atoms with Crippen LogP contribution < -0.4 is 10.6 Å². The highest BCUT2D eigenvalue weighted by Gasteiger charge is 2.12. The Balaban J connectivity index is 0.00000288. The van der Waals surface area contributed by atoms with Gasteiger partial charge in [-0.15, -0.1) is 12.4 Å². The Hall–Kier alpha value is -1.10. The first-order chi connectivity index (χ1) is 11.3. The van der Waals surface area contributed by atoms with Crippen LogP contribution in [0.25, 0.3) is 0 Å². The Labute approximate surface area is 152 Å². The van der Waals surface area contributed by atoms with Crippen molar-refractivity contribution in [2.24, 2.45) is 5.92 Å². The predicted octanol–water partition coefficient (Wildman–Crippen LogP) is 2.95. The lowest BCUT2D eigenvalue weighted by Crippen LogP contribution is -2.33. The van der Waals surface area contributed by atoms with Gasteiger partial charge in [0.05, 0.1) is 6.61 Å². The highest BCUT2D eigenvalue weighted by molar-refractivity contribution is 5.85. The Kier molecular flexibility index (Phi) is 11.5. The molecule has 0 radical (unpaired) electrons. The van der Waals surface area contributed by atoms with E-state index in [0.29, 0.717) is 13.0 Å². The molecule has 4 nitrogen and oxygen atoms in total. The molecule has 0 spiro atoms. The van der Waals surface area contributed by atoms with Crippen molar-refractivity contribution in [3.05, 3.63) is 35.9 Å². The first kappa shape index (κ1) is 20.9. The fourth-order valence-electron chi connectivity index (χ4n) is 2.95. The van der Waals surface area contributed by atoms with Gasteiger partial charge >= 0.3 is 0 Å². The number of amides is 1. The van der Waals surface area contributed by atoms with Crippen LogP contribution in [-0.4, -0.2) is 38.8 Å². The van der Waals surface area contributed by atoms with Gasteiger partial charge < -0.3 is 15.4 Å². The van der Waals surface area contributed by atoms with E-state index in [2.05, 4.69) is 22.8 Å². The van der Waals surface area contributed by atoms with E-state index < -0.39 is 0 Å². The van der Waals surface area contributed by atoms with Crippen molar-refractivity contribution in [1.82, 2.24) is 10.6 Å². The first-order valence-electron chi connectivity index (χ1n) is 8.93. The first-order valence-corrected chi connectivity index (χ1v) is 8.93. The van der Waals surface area contributed by atoms with Crippen LogP contribution >= 0.6 is 12.4 Å². The van der Waals surface area contributed by atoms with Crippen molar-refractivity contribution in [2.45, 2.75) is 38.5 Å². The van der Waals surface area contributed by atoms with Gasteiger partial charge in [0.1, 0.15) is 0 Å². The number of hydrogen-bond donors (Lipinski definition) is 2. The molecule has 5 heteroatoms. The summed E-state index contributed by atoms with van der Waals surface area (Å²) in [6.45, 7) is 4.44. The largest absolute Gasteiger partial charge is 0.381 e. The van der Waals surface area contributed by atoms with Crippen LogP contribution in [0.15, 0.2) is 30.3 Å². The van der Waals surface area contributed by atoms with Crippen LogP contribution in [0.1, 0.15) is 37.7 Å². The minimum absolute atomic E-state index is 0. The lowest BCUT2D eigenvalue weighted by atomic mass is 9.96. The zero-order chi connectivity index (χ0) is 16.2. The zero-order valence-corrected chi connectivity index (χ0v) is 15.3. The molecule has 0 saturated carbocycles. The molecule has 0 aliphatic carbocycles. The third-order valence-electron chi connectivity index (χ3n) is 4.34. The minimum Gasteiger partial charge on any atom is -0.381 e. The van der Waals surface area contributed by atoms with Crippen molar-refractivity contribution >= 4 is 18.3 Å². The van der Waals surface area contributed by atoms with E-state index in [1.165, 1.54) is 18.4 Å². The second-order valence-electron chi connectivity index (χ2n) is 6.30. The maximum atomic E-state index is 11.8. The number of ether oxygens (including phenoxy) is 1. The van der Waals surface area contributed by atoms with Crippen molar-refractivity contribution in [3.8, 4) is 0 Å². The van der Waals surface area contributed by atoms with Gasteiger partial charge in [0.25, 0.3) is 0 Å². The summed E-state index contributed by atoms with van der Waals surface area (Å²) in [5.41, 5.74) is 1.29. The lowest BCUT2D eigenvalue weighted by Gasteiger charge is -2.22. The zero-order valence-electron chi connectivity index (χ0n) is 14.5. The van der Waals surface area contributed by atoms with Gasteiger partial charge in [-0.2, -0.15) is 0 Å². The summed E-state index contributed by atoms with van der Waals surface area (Å²) < 4.78 is 5.60. The Morgan fingerprint density at radius 1 is 1.25 bits per heavy atom. The number of nitrogens with one attached hydrogen (secondary N) is 2. The van der Waals surface area contributed by atoms with Crippen molar-refractivity contribution in [2.75, 3.05) is 32.8 Å². The summed E-state index contributed by atoms with van der Waals surface area (Å²) >= 11 is 0. The van der Waals surface area contributed by atoms with E-state index in [1.54, 1.807) is 0 Å². The molecular formula is C19H31ClN2O2. The van der Waals surface area contributed by atoms with Gasteiger partial charge in [-0.1, -0.05) is 30.3 Å². The summed E-state index contributed by atoms with van der Waals surface area (Å²) in [5.74, 6) is 0.880. The number of benzene rings is 1. The number of rotatable bonds is 10. The number of hydrogen-bond acceptors (Lipinski definition) is 3. The van der Waals surface area contributed by atoms with E-state index in [0.717, 1.165) is 51.4 Å². The fourth-order valence-corrected chi connectivity index (χ4v) is 2.95. The van der Waals surface area contributed by atoms with Crippen molar-refractivity contribution in [3.63, 3.8) is 0 Å². The van der Waals surface area contributed by atoms with Gasteiger partial charge in [-0.25, -0.2) is 0 Å². The van der Waals surface area contributed by atoms with Crippen LogP contribution in [0.5, 0.6) is 0 Å². The smallest absolute Gasteiger partial charge is 0.220 e. The molecule has 1 aliphatic heterocycles. The monoisotopic (exact) mass is 354 g/mol. The van der Waals surface area contributed by atoms with Gasteiger partial charge in [0.2, 0.25) is 5.91 Å². The molecule has 0 aromatic heterocycles. The van der Waals surface area contributed by atoms with E-state index >= 15 is 0 Å². The molecule has 1 atom stereocenters. The molecule has 2 N–H and O–H groups in total. The van der Waals surface area contributed by atoms with Crippen molar-refractivity contribution < 1.29 is 9.53 Å². The van der Waals surface area contributed by atoms with E-state index in [4.69, 9.17) is 4.74 Å². The Bertz CT molecular complexity index is 436. The summed E-state index contributed by atoms with van der Waals surface area (Å²) in [7, 11) is 0. The SMILES string of the molecule is Cl.O=C(CCCOCCc1ccccc1)NCCC1CCCNC1. The number of piperidine rings is 1. The van der Waals surface area contributed by atoms with Crippen molar-refractivity contribution in [1.29, 1.82) is 0 Å². The third-order valence-corrected chi connectivity index (χ3v) is 4.34. The predicted molar refractivity (Wildman–Crippen MR) is 101 cm³/mol. The fraction of sp³-hybridized carbons (Fsp3) is 0.632.